The van der Waals surface area contributed by atoms with Gasteiger partial charge < -0.3 is 25.7 Å². The number of carbonyl (C=O) groups is 2. The lowest BCUT2D eigenvalue weighted by molar-refractivity contribution is -0.129. The molecule has 4 N–H and O–H groups in total. The molecule has 0 spiro atoms. The number of nitriles is 2. The second-order valence-electron chi connectivity index (χ2n) is 8.52. The van der Waals surface area contributed by atoms with Gasteiger partial charge in [0.1, 0.15) is 28.2 Å². The van der Waals surface area contributed by atoms with E-state index in [0.29, 0.717) is 17.5 Å². The Morgan fingerprint density at radius 1 is 1.25 bits per heavy atom. The summed E-state index contributed by atoms with van der Waals surface area (Å²) in [7, 11) is 1.61. The first-order chi connectivity index (χ1) is 17.2. The monoisotopic (exact) mass is 508 g/mol. The third-order valence-corrected chi connectivity index (χ3v) is 7.40. The highest BCUT2D eigenvalue weighted by molar-refractivity contribution is 8.00. The number of β-amino-alcohol motifs (C(OH)–C–C–N with tert-alkyl or cyclic N) is 1. The lowest BCUT2D eigenvalue weighted by Crippen LogP contribution is -2.39. The molecule has 36 heavy (non-hydrogen) atoms. The Morgan fingerprint density at radius 2 is 1.92 bits per heavy atom. The Balaban J connectivity index is 1.99. The molecule has 1 aromatic carbocycles. The summed E-state index contributed by atoms with van der Waals surface area (Å²) >= 11 is 1.03. The standard InChI is InChI=1S/C25H28N6O4S/c1-3-17-18(9-26)24(30(2)13-21(34)31-11-16(14-32)20(33)12-31)29-25(19(17)10-27)36-22(23(28)35)15-7-5-4-6-8-15/h4-8,16,20,22,32-33H,3,11-14H2,1-2H3,(H2,28,35)/t16-,20+,22?/m1/s1. The minimum absolute atomic E-state index is 0.114. The Hall–Kier alpha value is -3.64. The predicted octanol–water partition coefficient (Wildman–Crippen LogP) is 0.954. The number of hydrogen-bond donors (Lipinski definition) is 3. The van der Waals surface area contributed by atoms with Crippen molar-refractivity contribution in [1.82, 2.24) is 9.88 Å². The number of likely N-dealkylation sites (tertiary alicyclic amines) is 1. The van der Waals surface area contributed by atoms with Gasteiger partial charge in [0, 0.05) is 26.1 Å². The number of nitrogens with two attached hydrogens (primary N) is 1. The number of amides is 2. The maximum atomic E-state index is 12.9. The molecule has 1 fully saturated rings. The van der Waals surface area contributed by atoms with Gasteiger partial charge in [-0.05, 0) is 17.5 Å². The minimum Gasteiger partial charge on any atom is -0.396 e. The van der Waals surface area contributed by atoms with Gasteiger partial charge in [0.15, 0.2) is 0 Å². The number of rotatable bonds is 9. The van der Waals surface area contributed by atoms with E-state index in [1.54, 1.807) is 31.3 Å². The molecule has 10 nitrogen and oxygen atoms in total. The first-order valence-corrected chi connectivity index (χ1v) is 12.3. The smallest absolute Gasteiger partial charge is 0.242 e. The number of aromatic nitrogens is 1. The number of likely N-dealkylation sites (N-methyl/N-ethyl adjacent to an activating group) is 1. The number of benzene rings is 1. The van der Waals surface area contributed by atoms with Crippen LogP contribution in [0.3, 0.4) is 0 Å². The molecule has 188 valence electrons. The molecule has 0 aliphatic carbocycles. The number of anilines is 1. The van der Waals surface area contributed by atoms with E-state index in [4.69, 9.17) is 5.73 Å². The SMILES string of the molecule is CCc1c(C#N)c(SC(C(N)=O)c2ccccc2)nc(N(C)CC(=O)N2C[C@H](CO)[C@@H](O)C2)c1C#N. The summed E-state index contributed by atoms with van der Waals surface area (Å²) in [5, 5.41) is 38.7. The third kappa shape index (κ3) is 5.60. The molecule has 2 amide bonds. The fourth-order valence-corrected chi connectivity index (χ4v) is 5.25. The van der Waals surface area contributed by atoms with Crippen LogP contribution in [0.1, 0.15) is 34.4 Å². The summed E-state index contributed by atoms with van der Waals surface area (Å²) in [6, 6.07) is 13.1. The highest BCUT2D eigenvalue weighted by Gasteiger charge is 2.34. The summed E-state index contributed by atoms with van der Waals surface area (Å²) < 4.78 is 0. The molecular weight excluding hydrogens is 480 g/mol. The molecule has 1 saturated heterocycles. The molecule has 2 aromatic rings. The molecule has 0 radical (unpaired) electrons. The van der Waals surface area contributed by atoms with Crippen LogP contribution in [-0.4, -0.2) is 71.3 Å². The Morgan fingerprint density at radius 3 is 2.44 bits per heavy atom. The number of aliphatic hydroxyl groups excluding tert-OH is 2. The average Bonchev–Trinajstić information content (AvgIpc) is 3.27. The van der Waals surface area contributed by atoms with Crippen molar-refractivity contribution in [3.05, 3.63) is 52.6 Å². The first-order valence-electron chi connectivity index (χ1n) is 11.4. The molecule has 3 atom stereocenters. The zero-order chi connectivity index (χ0) is 26.4. The van der Waals surface area contributed by atoms with Gasteiger partial charge in [-0.25, -0.2) is 4.98 Å². The van der Waals surface area contributed by atoms with Crippen LogP contribution in [0.4, 0.5) is 5.82 Å². The lowest BCUT2D eigenvalue weighted by atomic mass is 10.0. The highest BCUT2D eigenvalue weighted by Crippen LogP contribution is 2.39. The van der Waals surface area contributed by atoms with Crippen molar-refractivity contribution in [2.75, 3.05) is 38.2 Å². The molecule has 1 aromatic heterocycles. The van der Waals surface area contributed by atoms with Gasteiger partial charge >= 0.3 is 0 Å². The molecule has 0 saturated carbocycles. The van der Waals surface area contributed by atoms with E-state index < -0.39 is 23.2 Å². The van der Waals surface area contributed by atoms with Gasteiger partial charge in [0.25, 0.3) is 0 Å². The molecule has 1 aliphatic rings. The van der Waals surface area contributed by atoms with Crippen molar-refractivity contribution in [1.29, 1.82) is 10.5 Å². The average molecular weight is 509 g/mol. The molecule has 11 heteroatoms. The van der Waals surface area contributed by atoms with Crippen molar-refractivity contribution in [3.8, 4) is 12.1 Å². The van der Waals surface area contributed by atoms with E-state index in [9.17, 15) is 30.3 Å². The normalized spacial score (nSPS) is 17.8. The topological polar surface area (TPSA) is 168 Å². The largest absolute Gasteiger partial charge is 0.396 e. The second-order valence-corrected chi connectivity index (χ2v) is 9.62. The zero-order valence-corrected chi connectivity index (χ0v) is 20.9. The maximum Gasteiger partial charge on any atom is 0.242 e. The van der Waals surface area contributed by atoms with Crippen LogP contribution < -0.4 is 10.6 Å². The van der Waals surface area contributed by atoms with Crippen LogP contribution >= 0.6 is 11.8 Å². The second kappa shape index (κ2) is 11.9. The Bertz CT molecular complexity index is 1210. The number of aliphatic hydroxyl groups is 2. The van der Waals surface area contributed by atoms with Gasteiger partial charge in [0.2, 0.25) is 11.8 Å². The van der Waals surface area contributed by atoms with E-state index in [1.807, 2.05) is 13.0 Å². The number of nitrogens with zero attached hydrogens (tertiary/aromatic N) is 5. The quantitative estimate of drug-likeness (QED) is 0.418. The van der Waals surface area contributed by atoms with Gasteiger partial charge in [0.05, 0.1) is 30.4 Å². The van der Waals surface area contributed by atoms with E-state index in [2.05, 4.69) is 17.1 Å². The van der Waals surface area contributed by atoms with Crippen LogP contribution in [-0.2, 0) is 16.0 Å². The van der Waals surface area contributed by atoms with Gasteiger partial charge in [-0.1, -0.05) is 49.0 Å². The summed E-state index contributed by atoms with van der Waals surface area (Å²) in [6.07, 6.45) is -0.440. The number of pyridine rings is 1. The summed E-state index contributed by atoms with van der Waals surface area (Å²) in [5.41, 5.74) is 7.18. The lowest BCUT2D eigenvalue weighted by Gasteiger charge is -2.25. The molecule has 0 bridgehead atoms. The van der Waals surface area contributed by atoms with Crippen molar-refractivity contribution < 1.29 is 19.8 Å². The van der Waals surface area contributed by atoms with E-state index in [0.717, 1.165) is 11.8 Å². The third-order valence-electron chi connectivity index (χ3n) is 6.14. The predicted molar refractivity (Wildman–Crippen MR) is 134 cm³/mol. The fraction of sp³-hybridized carbons (Fsp3) is 0.400. The van der Waals surface area contributed by atoms with E-state index in [-0.39, 0.29) is 54.1 Å². The first kappa shape index (κ1) is 27.0. The molecule has 1 unspecified atom stereocenters. The Labute approximate surface area is 213 Å². The number of hydrogen-bond acceptors (Lipinski definition) is 9. The van der Waals surface area contributed by atoms with Crippen molar-refractivity contribution in [3.63, 3.8) is 0 Å². The maximum absolute atomic E-state index is 12.9. The van der Waals surface area contributed by atoms with Crippen molar-refractivity contribution >= 4 is 29.4 Å². The van der Waals surface area contributed by atoms with Crippen LogP contribution in [0.15, 0.2) is 35.4 Å². The summed E-state index contributed by atoms with van der Waals surface area (Å²) in [6.45, 7) is 1.80. The highest BCUT2D eigenvalue weighted by atomic mass is 32.2. The zero-order valence-electron chi connectivity index (χ0n) is 20.1. The minimum atomic E-state index is -0.815. The van der Waals surface area contributed by atoms with Gasteiger partial charge in [-0.2, -0.15) is 10.5 Å². The molecule has 3 rings (SSSR count). The van der Waals surface area contributed by atoms with Crippen LogP contribution in [0, 0.1) is 28.6 Å². The molecular formula is C25H28N6O4S. The van der Waals surface area contributed by atoms with Crippen LogP contribution in [0.25, 0.3) is 0 Å². The summed E-state index contributed by atoms with van der Waals surface area (Å²) in [4.78, 5) is 32.8. The number of carbonyl (C=O) groups excluding carboxylic acids is 2. The Kier molecular flexibility index (Phi) is 8.88. The van der Waals surface area contributed by atoms with E-state index in [1.165, 1.54) is 9.80 Å². The van der Waals surface area contributed by atoms with Crippen molar-refractivity contribution in [2.45, 2.75) is 29.7 Å². The van der Waals surface area contributed by atoms with Crippen LogP contribution in [0.5, 0.6) is 0 Å². The van der Waals surface area contributed by atoms with E-state index >= 15 is 0 Å². The molecule has 1 aliphatic heterocycles. The number of thioether (sulfide) groups is 1. The van der Waals surface area contributed by atoms with Crippen molar-refractivity contribution in [2.24, 2.45) is 11.7 Å². The molecule has 2 heterocycles. The fourth-order valence-electron chi connectivity index (χ4n) is 4.19. The van der Waals surface area contributed by atoms with Gasteiger partial charge in [-0.3, -0.25) is 9.59 Å². The van der Waals surface area contributed by atoms with Crippen LogP contribution in [0.2, 0.25) is 0 Å². The summed E-state index contributed by atoms with van der Waals surface area (Å²) in [5.74, 6) is -1.09. The number of primary amides is 1. The van der Waals surface area contributed by atoms with Gasteiger partial charge in [-0.15, -0.1) is 0 Å².